The van der Waals surface area contributed by atoms with Gasteiger partial charge in [-0.25, -0.2) is 9.37 Å². The Hall–Kier alpha value is -1.16. The molecular formula is C10H10ClFN2O. The Morgan fingerprint density at radius 3 is 2.93 bits per heavy atom. The highest BCUT2D eigenvalue weighted by molar-refractivity contribution is 6.29. The number of pyridine rings is 1. The van der Waals surface area contributed by atoms with Crippen LogP contribution in [0.1, 0.15) is 16.8 Å². The number of amides is 1. The lowest BCUT2D eigenvalue weighted by Gasteiger charge is -2.14. The summed E-state index contributed by atoms with van der Waals surface area (Å²) < 4.78 is 12.9. The number of aromatic nitrogens is 1. The van der Waals surface area contributed by atoms with E-state index >= 15 is 0 Å². The Morgan fingerprint density at radius 2 is 2.40 bits per heavy atom. The molecule has 3 nitrogen and oxygen atoms in total. The molecule has 0 radical (unpaired) electrons. The van der Waals surface area contributed by atoms with Gasteiger partial charge in [-0.05, 0) is 18.6 Å². The van der Waals surface area contributed by atoms with Crippen LogP contribution in [0.2, 0.25) is 5.15 Å². The Balaban J connectivity index is 2.11. The summed E-state index contributed by atoms with van der Waals surface area (Å²) in [5, 5.41) is 0.344. The van der Waals surface area contributed by atoms with Crippen molar-refractivity contribution in [3.05, 3.63) is 29.0 Å². The zero-order valence-electron chi connectivity index (χ0n) is 7.99. The van der Waals surface area contributed by atoms with Gasteiger partial charge in [-0.3, -0.25) is 4.79 Å². The van der Waals surface area contributed by atoms with E-state index in [0.29, 0.717) is 23.7 Å². The summed E-state index contributed by atoms with van der Waals surface area (Å²) in [5.41, 5.74) is 0.452. The van der Waals surface area contributed by atoms with E-state index in [9.17, 15) is 9.18 Å². The van der Waals surface area contributed by atoms with Gasteiger partial charge in [0.25, 0.3) is 5.91 Å². The third-order valence-electron chi connectivity index (χ3n) is 2.39. The maximum Gasteiger partial charge on any atom is 0.255 e. The Kier molecular flexibility index (Phi) is 2.86. The van der Waals surface area contributed by atoms with E-state index in [2.05, 4.69) is 4.98 Å². The first kappa shape index (κ1) is 10.4. The zero-order chi connectivity index (χ0) is 10.8. The lowest BCUT2D eigenvalue weighted by atomic mass is 10.2. The first-order chi connectivity index (χ1) is 7.16. The number of rotatable bonds is 1. The molecule has 1 saturated heterocycles. The van der Waals surface area contributed by atoms with Crippen LogP contribution in [0.15, 0.2) is 18.3 Å². The van der Waals surface area contributed by atoms with E-state index in [1.807, 2.05) is 0 Å². The van der Waals surface area contributed by atoms with E-state index in [4.69, 9.17) is 11.6 Å². The molecule has 1 fully saturated rings. The molecular weight excluding hydrogens is 219 g/mol. The summed E-state index contributed by atoms with van der Waals surface area (Å²) in [4.78, 5) is 17.1. The van der Waals surface area contributed by atoms with Crippen molar-refractivity contribution in [2.75, 3.05) is 13.1 Å². The van der Waals surface area contributed by atoms with E-state index in [0.717, 1.165) is 0 Å². The van der Waals surface area contributed by atoms with Gasteiger partial charge in [0.2, 0.25) is 0 Å². The molecule has 0 unspecified atom stereocenters. The summed E-state index contributed by atoms with van der Waals surface area (Å²) in [6.45, 7) is 0.657. The summed E-state index contributed by atoms with van der Waals surface area (Å²) in [6.07, 6.45) is 0.942. The number of hydrogen-bond donors (Lipinski definition) is 0. The molecule has 1 atom stereocenters. The van der Waals surface area contributed by atoms with Crippen molar-refractivity contribution in [1.82, 2.24) is 9.88 Å². The van der Waals surface area contributed by atoms with Gasteiger partial charge < -0.3 is 4.90 Å². The van der Waals surface area contributed by atoms with Crippen LogP contribution in [-0.2, 0) is 0 Å². The van der Waals surface area contributed by atoms with Gasteiger partial charge in [-0.2, -0.15) is 0 Å². The molecule has 5 heteroatoms. The van der Waals surface area contributed by atoms with Gasteiger partial charge >= 0.3 is 0 Å². The topological polar surface area (TPSA) is 33.2 Å². The van der Waals surface area contributed by atoms with Crippen molar-refractivity contribution in [2.24, 2.45) is 0 Å². The third kappa shape index (κ3) is 2.26. The van der Waals surface area contributed by atoms with Gasteiger partial charge in [0.05, 0.1) is 12.1 Å². The molecule has 0 spiro atoms. The van der Waals surface area contributed by atoms with Gasteiger partial charge in [0, 0.05) is 12.7 Å². The smallest absolute Gasteiger partial charge is 0.255 e. The first-order valence-corrected chi connectivity index (χ1v) is 5.09. The van der Waals surface area contributed by atoms with Crippen LogP contribution >= 0.6 is 11.6 Å². The van der Waals surface area contributed by atoms with E-state index in [1.54, 1.807) is 12.1 Å². The minimum atomic E-state index is -0.894. The predicted octanol–water partition coefficient (Wildman–Crippen LogP) is 1.92. The van der Waals surface area contributed by atoms with E-state index in [1.165, 1.54) is 11.1 Å². The number of halogens is 2. The second kappa shape index (κ2) is 4.14. The lowest BCUT2D eigenvalue weighted by Crippen LogP contribution is -2.28. The Morgan fingerprint density at radius 1 is 1.60 bits per heavy atom. The number of hydrogen-bond acceptors (Lipinski definition) is 2. The van der Waals surface area contributed by atoms with Crippen LogP contribution in [0.25, 0.3) is 0 Å². The molecule has 1 aromatic heterocycles. The van der Waals surface area contributed by atoms with E-state index < -0.39 is 6.17 Å². The van der Waals surface area contributed by atoms with Crippen LogP contribution in [0.5, 0.6) is 0 Å². The average molecular weight is 229 g/mol. The summed E-state index contributed by atoms with van der Waals surface area (Å²) >= 11 is 5.60. The maximum atomic E-state index is 12.9. The first-order valence-electron chi connectivity index (χ1n) is 4.72. The van der Waals surface area contributed by atoms with Crippen LogP contribution in [-0.4, -0.2) is 35.1 Å². The standard InChI is InChI=1S/C10H10ClFN2O/c11-9-2-1-7(5-13-9)10(15)14-4-3-8(12)6-14/h1-2,5,8H,3-4,6H2/t8-/m0/s1. The zero-order valence-corrected chi connectivity index (χ0v) is 8.75. The number of carbonyl (C=O) groups is 1. The summed E-state index contributed by atoms with van der Waals surface area (Å²) in [6, 6.07) is 3.15. The molecule has 0 saturated carbocycles. The van der Waals surface area contributed by atoms with Gasteiger partial charge in [-0.1, -0.05) is 11.6 Å². The van der Waals surface area contributed by atoms with Crippen LogP contribution in [0.3, 0.4) is 0 Å². The molecule has 15 heavy (non-hydrogen) atoms. The van der Waals surface area contributed by atoms with Crippen LogP contribution in [0.4, 0.5) is 4.39 Å². The average Bonchev–Trinajstić information content (AvgIpc) is 2.65. The Labute approximate surface area is 91.9 Å². The lowest BCUT2D eigenvalue weighted by molar-refractivity contribution is 0.0782. The predicted molar refractivity (Wildman–Crippen MR) is 54.7 cm³/mol. The molecule has 0 N–H and O–H groups in total. The van der Waals surface area contributed by atoms with Crippen molar-refractivity contribution in [3.63, 3.8) is 0 Å². The molecule has 2 rings (SSSR count). The largest absolute Gasteiger partial charge is 0.336 e. The summed E-state index contributed by atoms with van der Waals surface area (Å²) in [7, 11) is 0. The number of carbonyl (C=O) groups excluding carboxylic acids is 1. The van der Waals surface area contributed by atoms with Crippen molar-refractivity contribution >= 4 is 17.5 Å². The molecule has 2 heterocycles. The fraction of sp³-hybridized carbons (Fsp3) is 0.400. The summed E-state index contributed by atoms with van der Waals surface area (Å²) in [5.74, 6) is -0.181. The molecule has 1 aliphatic rings. The Bertz CT molecular complexity index is 368. The molecule has 1 amide bonds. The third-order valence-corrected chi connectivity index (χ3v) is 2.62. The highest BCUT2D eigenvalue weighted by Gasteiger charge is 2.26. The highest BCUT2D eigenvalue weighted by atomic mass is 35.5. The number of likely N-dealkylation sites (tertiary alicyclic amines) is 1. The fourth-order valence-corrected chi connectivity index (χ4v) is 1.70. The minimum Gasteiger partial charge on any atom is -0.336 e. The number of alkyl halides is 1. The molecule has 0 bridgehead atoms. The molecule has 80 valence electrons. The fourth-order valence-electron chi connectivity index (χ4n) is 1.59. The van der Waals surface area contributed by atoms with Crippen molar-refractivity contribution in [1.29, 1.82) is 0 Å². The number of nitrogens with zero attached hydrogens (tertiary/aromatic N) is 2. The van der Waals surface area contributed by atoms with Gasteiger partial charge in [0.15, 0.2) is 0 Å². The maximum absolute atomic E-state index is 12.9. The second-order valence-electron chi connectivity index (χ2n) is 3.51. The van der Waals surface area contributed by atoms with Gasteiger partial charge in [0.1, 0.15) is 11.3 Å². The highest BCUT2D eigenvalue weighted by Crippen LogP contribution is 2.16. The van der Waals surface area contributed by atoms with Crippen molar-refractivity contribution in [3.8, 4) is 0 Å². The second-order valence-corrected chi connectivity index (χ2v) is 3.89. The van der Waals surface area contributed by atoms with Crippen LogP contribution < -0.4 is 0 Å². The van der Waals surface area contributed by atoms with Crippen molar-refractivity contribution < 1.29 is 9.18 Å². The van der Waals surface area contributed by atoms with Crippen LogP contribution in [0, 0.1) is 0 Å². The van der Waals surface area contributed by atoms with Gasteiger partial charge in [-0.15, -0.1) is 0 Å². The normalized spacial score (nSPS) is 20.7. The molecule has 1 aromatic rings. The molecule has 0 aromatic carbocycles. The van der Waals surface area contributed by atoms with E-state index in [-0.39, 0.29) is 12.5 Å². The molecule has 0 aliphatic carbocycles. The monoisotopic (exact) mass is 228 g/mol. The minimum absolute atomic E-state index is 0.181. The SMILES string of the molecule is O=C(c1ccc(Cl)nc1)N1CC[C@H](F)C1. The molecule has 1 aliphatic heterocycles. The van der Waals surface area contributed by atoms with Crippen molar-refractivity contribution in [2.45, 2.75) is 12.6 Å². The quantitative estimate of drug-likeness (QED) is 0.688.